The number of nitrogens with zero attached hydrogens (tertiary/aromatic N) is 3. The predicted octanol–water partition coefficient (Wildman–Crippen LogP) is 3.97. The maximum Gasteiger partial charge on any atom is 0.331 e. The van der Waals surface area contributed by atoms with E-state index in [1.54, 1.807) is 25.2 Å². The Balaban J connectivity index is 1.96. The second-order valence-corrected chi connectivity index (χ2v) is 10.0. The molecule has 0 fully saturated rings. The van der Waals surface area contributed by atoms with E-state index < -0.39 is 17.3 Å². The van der Waals surface area contributed by atoms with Gasteiger partial charge in [-0.15, -0.1) is 0 Å². The largest absolute Gasteiger partial charge is 0.504 e. The molecule has 8 nitrogen and oxygen atoms in total. The zero-order valence-electron chi connectivity index (χ0n) is 21.5. The van der Waals surface area contributed by atoms with Gasteiger partial charge in [0, 0.05) is 14.1 Å². The third-order valence-corrected chi connectivity index (χ3v) is 6.94. The summed E-state index contributed by atoms with van der Waals surface area (Å²) in [6.07, 6.45) is -0.586. The van der Waals surface area contributed by atoms with E-state index in [-0.39, 0.29) is 11.3 Å². The summed E-state index contributed by atoms with van der Waals surface area (Å²) in [7, 11) is 3.19. The first kappa shape index (κ1) is 23.9. The van der Waals surface area contributed by atoms with Gasteiger partial charge < -0.3 is 19.1 Å². The average Bonchev–Trinajstić information content (AvgIpc) is 3.21. The van der Waals surface area contributed by atoms with Crippen molar-refractivity contribution in [3.8, 4) is 22.8 Å². The van der Waals surface area contributed by atoms with Crippen molar-refractivity contribution in [2.45, 2.75) is 39.3 Å². The third-order valence-electron chi connectivity index (χ3n) is 6.94. The highest BCUT2D eigenvalue weighted by molar-refractivity contribution is 5.97. The Labute approximate surface area is 208 Å². The van der Waals surface area contributed by atoms with Crippen LogP contribution in [-0.2, 0) is 24.4 Å². The van der Waals surface area contributed by atoms with Crippen molar-refractivity contribution in [2.24, 2.45) is 14.1 Å². The Morgan fingerprint density at radius 3 is 2.56 bits per heavy atom. The lowest BCUT2D eigenvalue weighted by Gasteiger charge is -2.39. The van der Waals surface area contributed by atoms with Crippen LogP contribution in [0.2, 0.25) is 0 Å². The molecule has 2 aromatic carbocycles. The van der Waals surface area contributed by atoms with Gasteiger partial charge in [0.15, 0.2) is 11.5 Å². The lowest BCUT2D eigenvalue weighted by atomic mass is 9.97. The molecule has 1 aliphatic rings. The Morgan fingerprint density at radius 1 is 1.11 bits per heavy atom. The van der Waals surface area contributed by atoms with Crippen molar-refractivity contribution in [3.63, 3.8) is 0 Å². The Morgan fingerprint density at radius 2 is 1.86 bits per heavy atom. The fourth-order valence-electron chi connectivity index (χ4n) is 5.28. The number of aryl methyl sites for hydroxylation is 2. The molecule has 0 unspecified atom stereocenters. The number of hydrogen-bond donors (Lipinski definition) is 1. The third kappa shape index (κ3) is 3.47. The minimum Gasteiger partial charge on any atom is -0.504 e. The van der Waals surface area contributed by atoms with Gasteiger partial charge in [0.25, 0.3) is 5.56 Å². The van der Waals surface area contributed by atoms with Crippen molar-refractivity contribution in [3.05, 3.63) is 80.1 Å². The minimum atomic E-state index is -0.586. The van der Waals surface area contributed by atoms with Gasteiger partial charge in [0.05, 0.1) is 41.0 Å². The van der Waals surface area contributed by atoms with Crippen LogP contribution >= 0.6 is 0 Å². The Kier molecular flexibility index (Phi) is 5.59. The molecule has 3 heterocycles. The average molecular weight is 490 g/mol. The number of phenolic OH excluding ortho intramolecular Hbond substituents is 1. The first-order valence-corrected chi connectivity index (χ1v) is 12.1. The van der Waals surface area contributed by atoms with Gasteiger partial charge in [-0.3, -0.25) is 13.9 Å². The van der Waals surface area contributed by atoms with E-state index in [2.05, 4.69) is 24.5 Å². The summed E-state index contributed by atoms with van der Waals surface area (Å²) in [6, 6.07) is 13.2. The molecule has 0 aliphatic carbocycles. The topological polar surface area (TPSA) is 87.6 Å². The van der Waals surface area contributed by atoms with Crippen LogP contribution in [-0.4, -0.2) is 32.0 Å². The van der Waals surface area contributed by atoms with E-state index in [1.165, 1.54) is 11.6 Å². The van der Waals surface area contributed by atoms with Crippen molar-refractivity contribution in [1.29, 1.82) is 0 Å². The first-order chi connectivity index (χ1) is 17.1. The lowest BCUT2D eigenvalue weighted by molar-refractivity contribution is -0.00717. The number of rotatable bonds is 4. The lowest BCUT2D eigenvalue weighted by Crippen LogP contribution is -2.40. The van der Waals surface area contributed by atoms with Crippen molar-refractivity contribution < 1.29 is 14.6 Å². The number of hydrogen-bond acceptors (Lipinski definition) is 5. The summed E-state index contributed by atoms with van der Waals surface area (Å²) in [5.41, 5.74) is 3.51. The fraction of sp³-hybridized carbons (Fsp3) is 0.357. The van der Waals surface area contributed by atoms with Gasteiger partial charge in [-0.05, 0) is 57.0 Å². The van der Waals surface area contributed by atoms with E-state index >= 15 is 0 Å². The zero-order chi connectivity index (χ0) is 25.9. The van der Waals surface area contributed by atoms with E-state index in [0.717, 1.165) is 32.6 Å². The predicted molar refractivity (Wildman–Crippen MR) is 139 cm³/mol. The minimum absolute atomic E-state index is 0.0405. The zero-order valence-corrected chi connectivity index (χ0v) is 21.5. The molecule has 0 spiro atoms. The summed E-state index contributed by atoms with van der Waals surface area (Å²) in [4.78, 5) is 26.8. The molecule has 0 saturated heterocycles. The number of aromatic nitrogens is 3. The normalized spacial score (nSPS) is 16.8. The SMILES string of the molecule is CCOc1cc([C@@H]2OCC(C)(C)n3c(-c4cccc(C)c4)c4c(=O)n(C)c(=O)n(C)c4c32)ccc1O. The monoisotopic (exact) mass is 489 g/mol. The molecule has 188 valence electrons. The molecule has 0 bridgehead atoms. The molecule has 1 aliphatic heterocycles. The van der Waals surface area contributed by atoms with Crippen LogP contribution in [0.3, 0.4) is 0 Å². The van der Waals surface area contributed by atoms with Gasteiger partial charge in [-0.2, -0.15) is 0 Å². The van der Waals surface area contributed by atoms with Crippen LogP contribution in [0.5, 0.6) is 11.5 Å². The first-order valence-electron chi connectivity index (χ1n) is 12.1. The van der Waals surface area contributed by atoms with Crippen LogP contribution in [0, 0.1) is 6.92 Å². The van der Waals surface area contributed by atoms with E-state index in [1.807, 2.05) is 32.0 Å². The molecule has 5 rings (SSSR count). The summed E-state index contributed by atoms with van der Waals surface area (Å²) in [5.74, 6) is 0.397. The number of aromatic hydroxyl groups is 1. The highest BCUT2D eigenvalue weighted by atomic mass is 16.5. The molecule has 0 saturated carbocycles. The smallest absolute Gasteiger partial charge is 0.331 e. The fourth-order valence-corrected chi connectivity index (χ4v) is 5.28. The summed E-state index contributed by atoms with van der Waals surface area (Å²) < 4.78 is 16.9. The van der Waals surface area contributed by atoms with E-state index in [9.17, 15) is 14.7 Å². The maximum atomic E-state index is 13.7. The molecule has 36 heavy (non-hydrogen) atoms. The Bertz CT molecular complexity index is 1620. The van der Waals surface area contributed by atoms with Gasteiger partial charge in [-0.1, -0.05) is 29.8 Å². The number of benzene rings is 2. The summed E-state index contributed by atoms with van der Waals surface area (Å²) in [5, 5.41) is 10.8. The van der Waals surface area contributed by atoms with Gasteiger partial charge >= 0.3 is 5.69 Å². The van der Waals surface area contributed by atoms with Gasteiger partial charge in [0.1, 0.15) is 6.10 Å². The molecule has 1 atom stereocenters. The van der Waals surface area contributed by atoms with Crippen LogP contribution in [0.4, 0.5) is 0 Å². The Hall–Kier alpha value is -3.78. The molecule has 1 N–H and O–H groups in total. The van der Waals surface area contributed by atoms with Crippen LogP contribution in [0.1, 0.15) is 43.7 Å². The molecular weight excluding hydrogens is 458 g/mol. The van der Waals surface area contributed by atoms with Crippen molar-refractivity contribution in [2.75, 3.05) is 13.2 Å². The van der Waals surface area contributed by atoms with E-state index in [4.69, 9.17) is 9.47 Å². The number of fused-ring (bicyclic) bond motifs is 3. The van der Waals surface area contributed by atoms with Crippen LogP contribution in [0.15, 0.2) is 52.1 Å². The quantitative estimate of drug-likeness (QED) is 0.469. The maximum absolute atomic E-state index is 13.7. The summed E-state index contributed by atoms with van der Waals surface area (Å²) in [6.45, 7) is 8.78. The van der Waals surface area contributed by atoms with E-state index in [0.29, 0.717) is 29.9 Å². The van der Waals surface area contributed by atoms with Crippen molar-refractivity contribution >= 4 is 10.9 Å². The standard InChI is InChI=1S/C28H31N3O5/c1-7-35-20-14-18(11-12-19(20)32)25-24-23-21(26(33)30(6)27(34)29(23)5)22(17-10-8-9-16(2)13-17)31(24)28(3,4)15-36-25/h8-14,25,32H,7,15H2,1-6H3/t25-/m0/s1. The highest BCUT2D eigenvalue weighted by Crippen LogP contribution is 2.46. The molecule has 0 radical (unpaired) electrons. The second kappa shape index (κ2) is 8.41. The van der Waals surface area contributed by atoms with Crippen LogP contribution < -0.4 is 16.0 Å². The highest BCUT2D eigenvalue weighted by Gasteiger charge is 2.40. The molecule has 0 amide bonds. The molecule has 8 heteroatoms. The van der Waals surface area contributed by atoms with Crippen molar-refractivity contribution in [1.82, 2.24) is 13.7 Å². The summed E-state index contributed by atoms with van der Waals surface area (Å²) >= 11 is 0. The molecule has 4 aromatic rings. The molecular formula is C28H31N3O5. The number of ether oxygens (including phenoxy) is 2. The van der Waals surface area contributed by atoms with Gasteiger partial charge in [0.2, 0.25) is 0 Å². The number of phenols is 1. The van der Waals surface area contributed by atoms with Gasteiger partial charge in [-0.25, -0.2) is 4.79 Å². The molecule has 2 aromatic heterocycles. The van der Waals surface area contributed by atoms with Crippen LogP contribution in [0.25, 0.3) is 22.2 Å². The second-order valence-electron chi connectivity index (χ2n) is 10.0.